The third kappa shape index (κ3) is 6.58. The van der Waals surface area contributed by atoms with Gasteiger partial charge in [-0.15, -0.1) is 4.99 Å². The molecular formula is C32H39N9O. The van der Waals surface area contributed by atoms with Crippen LogP contribution in [-0.2, 0) is 6.54 Å². The van der Waals surface area contributed by atoms with Gasteiger partial charge >= 0.3 is 0 Å². The van der Waals surface area contributed by atoms with Gasteiger partial charge in [-0.05, 0) is 57.2 Å². The lowest BCUT2D eigenvalue weighted by molar-refractivity contribution is 0.0929. The number of hydrogen-bond acceptors (Lipinski definition) is 7. The topological polar surface area (TPSA) is 114 Å². The summed E-state index contributed by atoms with van der Waals surface area (Å²) in [6, 6.07) is 15.3. The number of hydrogen-bond donors (Lipinski definition) is 1. The van der Waals surface area contributed by atoms with Crippen LogP contribution in [-0.4, -0.2) is 79.8 Å². The van der Waals surface area contributed by atoms with Crippen molar-refractivity contribution in [3.05, 3.63) is 89.3 Å². The Hall–Kier alpha value is -4.36. The van der Waals surface area contributed by atoms with Gasteiger partial charge in [-0.1, -0.05) is 36.4 Å². The van der Waals surface area contributed by atoms with Gasteiger partial charge in [-0.2, -0.15) is 5.26 Å². The molecule has 0 radical (unpaired) electrons. The molecule has 2 aromatic heterocycles. The van der Waals surface area contributed by atoms with E-state index < -0.39 is 0 Å². The zero-order valence-corrected chi connectivity index (χ0v) is 24.6. The molecule has 218 valence electrons. The maximum Gasteiger partial charge on any atom is 0.254 e. The summed E-state index contributed by atoms with van der Waals surface area (Å²) in [5, 5.41) is 12.7. The molecule has 2 aliphatic heterocycles. The van der Waals surface area contributed by atoms with E-state index in [2.05, 4.69) is 83.4 Å². The first kappa shape index (κ1) is 29.1. The van der Waals surface area contributed by atoms with Crippen LogP contribution in [0.25, 0.3) is 0 Å². The Morgan fingerprint density at radius 1 is 1.12 bits per heavy atom. The van der Waals surface area contributed by atoms with Crippen molar-refractivity contribution < 1.29 is 4.79 Å². The maximum absolute atomic E-state index is 12.8. The van der Waals surface area contributed by atoms with Gasteiger partial charge < -0.3 is 20.0 Å². The molecule has 0 spiro atoms. The quantitative estimate of drug-likeness (QED) is 0.389. The highest BCUT2D eigenvalue weighted by Gasteiger charge is 2.41. The van der Waals surface area contributed by atoms with Crippen molar-refractivity contribution in [1.82, 2.24) is 35.0 Å². The number of nitrogens with one attached hydrogen (secondary N) is 1. The van der Waals surface area contributed by atoms with Crippen molar-refractivity contribution in [2.24, 2.45) is 4.99 Å². The molecule has 4 heterocycles. The Morgan fingerprint density at radius 2 is 1.86 bits per heavy atom. The second-order valence-corrected chi connectivity index (χ2v) is 11.2. The standard InChI is InChI=1S/C32H39N9O/c1-23(11-15-35-31(42)30-24(2)37-22-38-25(30)3)39-16-12-28(13-17-39)41-29(27-9-5-4-6-10-27)20-40(32(41)36-21-33)19-26-8-7-14-34-18-26/h4-10,14,18,22-23,28-29H,11-13,15-17,19-20H2,1-3H3,(H,35,42)/t23-,29-/m0/s1. The van der Waals surface area contributed by atoms with E-state index in [1.807, 2.05) is 32.2 Å². The fourth-order valence-electron chi connectivity index (χ4n) is 6.25. The van der Waals surface area contributed by atoms with E-state index in [-0.39, 0.29) is 18.0 Å². The Morgan fingerprint density at radius 3 is 2.52 bits per heavy atom. The van der Waals surface area contributed by atoms with Crippen LogP contribution in [0.15, 0.2) is 66.2 Å². The smallest absolute Gasteiger partial charge is 0.254 e. The van der Waals surface area contributed by atoms with Crippen molar-refractivity contribution in [3.8, 4) is 6.19 Å². The number of aliphatic imine (C=N–C) groups is 1. The van der Waals surface area contributed by atoms with Crippen LogP contribution in [0.5, 0.6) is 0 Å². The minimum Gasteiger partial charge on any atom is -0.352 e. The summed E-state index contributed by atoms with van der Waals surface area (Å²) in [5.74, 6) is 0.637. The van der Waals surface area contributed by atoms with E-state index in [0.29, 0.717) is 36.1 Å². The minimum atomic E-state index is -0.113. The largest absolute Gasteiger partial charge is 0.352 e. The number of carbonyl (C=O) groups excluding carboxylic acids is 1. The first-order valence-corrected chi connectivity index (χ1v) is 14.7. The predicted octanol–water partition coefficient (Wildman–Crippen LogP) is 3.86. The predicted molar refractivity (Wildman–Crippen MR) is 161 cm³/mol. The van der Waals surface area contributed by atoms with Crippen LogP contribution in [0, 0.1) is 25.3 Å². The fraction of sp³-hybridized carbons (Fsp3) is 0.438. The first-order valence-electron chi connectivity index (χ1n) is 14.7. The van der Waals surface area contributed by atoms with Crippen LogP contribution in [0.4, 0.5) is 0 Å². The molecule has 0 saturated carbocycles. The lowest BCUT2D eigenvalue weighted by Crippen LogP contribution is -2.50. The van der Waals surface area contributed by atoms with Crippen LogP contribution >= 0.6 is 0 Å². The molecule has 1 N–H and O–H groups in total. The molecule has 10 nitrogen and oxygen atoms in total. The molecule has 0 bridgehead atoms. The van der Waals surface area contributed by atoms with Gasteiger partial charge in [0.25, 0.3) is 5.91 Å². The molecule has 1 aromatic carbocycles. The zero-order chi connectivity index (χ0) is 29.5. The number of amides is 1. The van der Waals surface area contributed by atoms with Crippen molar-refractivity contribution in [2.45, 2.75) is 64.7 Å². The number of aromatic nitrogens is 3. The molecule has 0 aliphatic carbocycles. The van der Waals surface area contributed by atoms with E-state index >= 15 is 0 Å². The highest BCUT2D eigenvalue weighted by molar-refractivity contribution is 5.96. The second-order valence-electron chi connectivity index (χ2n) is 11.2. The average Bonchev–Trinajstić information content (AvgIpc) is 3.35. The first-order chi connectivity index (χ1) is 20.5. The Labute approximate surface area is 248 Å². The van der Waals surface area contributed by atoms with Crippen molar-refractivity contribution in [1.29, 1.82) is 5.26 Å². The van der Waals surface area contributed by atoms with E-state index in [4.69, 9.17) is 0 Å². The van der Waals surface area contributed by atoms with Gasteiger partial charge in [0.2, 0.25) is 12.2 Å². The van der Waals surface area contributed by atoms with E-state index in [1.165, 1.54) is 11.9 Å². The van der Waals surface area contributed by atoms with E-state index in [1.54, 1.807) is 6.20 Å². The summed E-state index contributed by atoms with van der Waals surface area (Å²) in [7, 11) is 0. The Kier molecular flexibility index (Phi) is 9.39. The fourth-order valence-corrected chi connectivity index (χ4v) is 6.25. The number of rotatable bonds is 9. The number of aryl methyl sites for hydroxylation is 2. The van der Waals surface area contributed by atoms with Crippen molar-refractivity contribution in [3.63, 3.8) is 0 Å². The third-order valence-corrected chi connectivity index (χ3v) is 8.49. The number of nitriles is 1. The third-order valence-electron chi connectivity index (χ3n) is 8.49. The highest BCUT2D eigenvalue weighted by atomic mass is 16.1. The summed E-state index contributed by atoms with van der Waals surface area (Å²) < 4.78 is 0. The molecular weight excluding hydrogens is 526 g/mol. The van der Waals surface area contributed by atoms with E-state index in [9.17, 15) is 10.1 Å². The number of carbonyl (C=O) groups is 1. The number of nitrogens with zero attached hydrogens (tertiary/aromatic N) is 8. The van der Waals surface area contributed by atoms with Gasteiger partial charge in [0.15, 0.2) is 0 Å². The molecule has 0 unspecified atom stereocenters. The van der Waals surface area contributed by atoms with Crippen molar-refractivity contribution in [2.75, 3.05) is 26.2 Å². The summed E-state index contributed by atoms with van der Waals surface area (Å²) >= 11 is 0. The monoisotopic (exact) mass is 565 g/mol. The average molecular weight is 566 g/mol. The van der Waals surface area contributed by atoms with Crippen LogP contribution < -0.4 is 5.32 Å². The van der Waals surface area contributed by atoms with Gasteiger partial charge in [-0.25, -0.2) is 9.97 Å². The summed E-state index contributed by atoms with van der Waals surface area (Å²) in [5.41, 5.74) is 4.29. The summed E-state index contributed by atoms with van der Waals surface area (Å²) in [4.78, 5) is 36.9. The maximum atomic E-state index is 12.8. The van der Waals surface area contributed by atoms with Gasteiger partial charge in [0.05, 0.1) is 23.0 Å². The number of guanidine groups is 1. The number of pyridine rings is 1. The highest BCUT2D eigenvalue weighted by Crippen LogP contribution is 2.36. The SMILES string of the molecule is Cc1ncnc(C)c1C(=O)NCC[C@H](C)N1CCC(N2C(=NC#N)N(Cc3cccnc3)C[C@H]2c2ccccc2)CC1. The summed E-state index contributed by atoms with van der Waals surface area (Å²) in [6.45, 7) is 9.82. The molecule has 2 fully saturated rings. The molecule has 3 aromatic rings. The minimum absolute atomic E-state index is 0.113. The second kappa shape index (κ2) is 13.5. The van der Waals surface area contributed by atoms with Gasteiger partial charge in [0.1, 0.15) is 6.33 Å². The van der Waals surface area contributed by atoms with Crippen LogP contribution in [0.2, 0.25) is 0 Å². The molecule has 5 rings (SSSR count). The molecule has 10 heteroatoms. The lowest BCUT2D eigenvalue weighted by Gasteiger charge is -2.42. The number of likely N-dealkylation sites (tertiary alicyclic amines) is 1. The summed E-state index contributed by atoms with van der Waals surface area (Å²) in [6.07, 6.45) is 10.0. The number of benzene rings is 1. The molecule has 1 amide bonds. The van der Waals surface area contributed by atoms with Gasteiger partial charge in [-0.3, -0.25) is 9.78 Å². The van der Waals surface area contributed by atoms with Crippen molar-refractivity contribution >= 4 is 11.9 Å². The number of piperidine rings is 1. The lowest BCUT2D eigenvalue weighted by atomic mass is 9.98. The molecule has 2 aliphatic rings. The zero-order valence-electron chi connectivity index (χ0n) is 24.6. The normalized spacial score (nSPS) is 19.6. The molecule has 2 atom stereocenters. The van der Waals surface area contributed by atoms with Gasteiger partial charge in [0, 0.05) is 57.2 Å². The van der Waals surface area contributed by atoms with Crippen LogP contribution in [0.3, 0.4) is 0 Å². The van der Waals surface area contributed by atoms with Crippen LogP contribution in [0.1, 0.15) is 65.1 Å². The molecule has 42 heavy (non-hydrogen) atoms. The van der Waals surface area contributed by atoms with E-state index in [0.717, 1.165) is 50.4 Å². The molecule has 2 saturated heterocycles. The Balaban J connectivity index is 1.23. The Bertz CT molecular complexity index is 1390.